The molecule has 2 nitrogen and oxygen atoms in total. The molecule has 0 bridgehead atoms. The molecule has 1 heterocycles. The third kappa shape index (κ3) is 2.01. The molecule has 0 aliphatic heterocycles. The molecule has 0 saturated heterocycles. The molecule has 0 unspecified atom stereocenters. The summed E-state index contributed by atoms with van der Waals surface area (Å²) in [6, 6.07) is 11.6. The van der Waals surface area contributed by atoms with Gasteiger partial charge in [-0.2, -0.15) is 5.10 Å². The molecule has 0 N–H and O–H groups in total. The Morgan fingerprint density at radius 2 is 2.00 bits per heavy atom. The van der Waals surface area contributed by atoms with E-state index in [2.05, 4.69) is 50.1 Å². The molecule has 83 valence electrons. The molecule has 0 fully saturated rings. The molecule has 1 radical (unpaired) electrons. The summed E-state index contributed by atoms with van der Waals surface area (Å²) >= 11 is 0. The van der Waals surface area contributed by atoms with Crippen molar-refractivity contribution in [2.75, 3.05) is 0 Å². The molecule has 1 aromatic carbocycles. The van der Waals surface area contributed by atoms with Gasteiger partial charge in [0.15, 0.2) is 0 Å². The second-order valence-electron chi connectivity index (χ2n) is 4.50. The van der Waals surface area contributed by atoms with Gasteiger partial charge in [0.25, 0.3) is 0 Å². The SMILES string of the molecule is Cc1cc(C)n(-c2[c]ccc(C(C)C)c2)n1. The number of hydrogen-bond acceptors (Lipinski definition) is 1. The maximum atomic E-state index is 4.47. The quantitative estimate of drug-likeness (QED) is 0.747. The second-order valence-corrected chi connectivity index (χ2v) is 4.50. The predicted octanol–water partition coefficient (Wildman–Crippen LogP) is 3.41. The van der Waals surface area contributed by atoms with Gasteiger partial charge in [-0.05, 0) is 37.5 Å². The van der Waals surface area contributed by atoms with Crippen LogP contribution in [0.4, 0.5) is 0 Å². The zero-order valence-corrected chi connectivity index (χ0v) is 10.3. The third-order valence-electron chi connectivity index (χ3n) is 2.71. The van der Waals surface area contributed by atoms with E-state index in [0.29, 0.717) is 5.92 Å². The van der Waals surface area contributed by atoms with E-state index in [1.54, 1.807) is 0 Å². The van der Waals surface area contributed by atoms with Gasteiger partial charge in [-0.1, -0.05) is 26.0 Å². The molecule has 0 amide bonds. The number of rotatable bonds is 2. The number of aromatic nitrogens is 2. The highest BCUT2D eigenvalue weighted by molar-refractivity contribution is 5.37. The fourth-order valence-corrected chi connectivity index (χ4v) is 1.83. The largest absolute Gasteiger partial charge is 0.237 e. The van der Waals surface area contributed by atoms with Gasteiger partial charge in [0, 0.05) is 11.8 Å². The summed E-state index contributed by atoms with van der Waals surface area (Å²) in [5.74, 6) is 0.533. The third-order valence-corrected chi connectivity index (χ3v) is 2.71. The number of aryl methyl sites for hydroxylation is 2. The lowest BCUT2D eigenvalue weighted by molar-refractivity contribution is 0.818. The van der Waals surface area contributed by atoms with Crippen LogP contribution in [0.1, 0.15) is 36.7 Å². The highest BCUT2D eigenvalue weighted by Crippen LogP contribution is 2.18. The van der Waals surface area contributed by atoms with E-state index >= 15 is 0 Å². The molecule has 1 aromatic heterocycles. The van der Waals surface area contributed by atoms with E-state index in [9.17, 15) is 0 Å². The molecule has 2 aromatic rings. The zero-order valence-electron chi connectivity index (χ0n) is 10.3. The van der Waals surface area contributed by atoms with Gasteiger partial charge in [-0.25, -0.2) is 4.68 Å². The van der Waals surface area contributed by atoms with Crippen LogP contribution in [0.25, 0.3) is 5.69 Å². The molecular weight excluding hydrogens is 196 g/mol. The smallest absolute Gasteiger partial charge is 0.0730 e. The van der Waals surface area contributed by atoms with Crippen molar-refractivity contribution in [2.24, 2.45) is 0 Å². The average molecular weight is 213 g/mol. The summed E-state index contributed by atoms with van der Waals surface area (Å²) in [4.78, 5) is 0. The van der Waals surface area contributed by atoms with E-state index in [1.165, 1.54) is 5.56 Å². The Balaban J connectivity index is 2.48. The van der Waals surface area contributed by atoms with Crippen LogP contribution >= 0.6 is 0 Å². The summed E-state index contributed by atoms with van der Waals surface area (Å²) in [6.07, 6.45) is 0. The molecule has 0 aliphatic carbocycles. The minimum Gasteiger partial charge on any atom is -0.237 e. The van der Waals surface area contributed by atoms with Gasteiger partial charge in [0.1, 0.15) is 0 Å². The molecule has 0 spiro atoms. The Bertz CT molecular complexity index is 495. The minimum atomic E-state index is 0.533. The summed E-state index contributed by atoms with van der Waals surface area (Å²) < 4.78 is 1.95. The summed E-state index contributed by atoms with van der Waals surface area (Å²) in [7, 11) is 0. The van der Waals surface area contributed by atoms with Gasteiger partial charge in [-0.3, -0.25) is 0 Å². The Labute approximate surface area is 96.9 Å². The number of hydrogen-bond donors (Lipinski definition) is 0. The van der Waals surface area contributed by atoms with Gasteiger partial charge < -0.3 is 0 Å². The van der Waals surface area contributed by atoms with Crippen molar-refractivity contribution in [2.45, 2.75) is 33.6 Å². The number of nitrogens with zero attached hydrogens (tertiary/aromatic N) is 2. The summed E-state index contributed by atoms with van der Waals surface area (Å²) in [6.45, 7) is 8.46. The molecule has 2 heteroatoms. The Kier molecular flexibility index (Phi) is 2.82. The maximum absolute atomic E-state index is 4.47. The van der Waals surface area contributed by atoms with Gasteiger partial charge in [-0.15, -0.1) is 0 Å². The predicted molar refractivity (Wildman–Crippen MR) is 66.0 cm³/mol. The fourth-order valence-electron chi connectivity index (χ4n) is 1.83. The lowest BCUT2D eigenvalue weighted by atomic mass is 10.0. The molecule has 16 heavy (non-hydrogen) atoms. The number of benzene rings is 1. The van der Waals surface area contributed by atoms with Crippen molar-refractivity contribution in [3.8, 4) is 5.69 Å². The lowest BCUT2D eigenvalue weighted by Gasteiger charge is -2.09. The van der Waals surface area contributed by atoms with Crippen LogP contribution in [0.3, 0.4) is 0 Å². The van der Waals surface area contributed by atoms with Crippen molar-refractivity contribution in [1.82, 2.24) is 9.78 Å². The van der Waals surface area contributed by atoms with E-state index in [0.717, 1.165) is 17.1 Å². The van der Waals surface area contributed by atoms with Crippen molar-refractivity contribution in [3.63, 3.8) is 0 Å². The van der Waals surface area contributed by atoms with Gasteiger partial charge >= 0.3 is 0 Å². The van der Waals surface area contributed by atoms with E-state index in [1.807, 2.05) is 17.7 Å². The minimum absolute atomic E-state index is 0.533. The molecule has 0 atom stereocenters. The Morgan fingerprint density at radius 3 is 2.56 bits per heavy atom. The summed E-state index contributed by atoms with van der Waals surface area (Å²) in [5, 5.41) is 4.47. The lowest BCUT2D eigenvalue weighted by Crippen LogP contribution is -2.00. The van der Waals surface area contributed by atoms with Gasteiger partial charge in [0.05, 0.1) is 11.4 Å². The topological polar surface area (TPSA) is 17.8 Å². The molecule has 0 aliphatic rings. The highest BCUT2D eigenvalue weighted by atomic mass is 15.3. The molecule has 2 rings (SSSR count). The van der Waals surface area contributed by atoms with Crippen LogP contribution in [-0.2, 0) is 0 Å². The standard InChI is InChI=1S/C14H17N2/c1-10(2)13-6-5-7-14(9-13)16-12(4)8-11(3)15-16/h5-6,8-10H,1-4H3. The van der Waals surface area contributed by atoms with E-state index < -0.39 is 0 Å². The van der Waals surface area contributed by atoms with Crippen LogP contribution in [0.15, 0.2) is 24.3 Å². The summed E-state index contributed by atoms with van der Waals surface area (Å²) in [5.41, 5.74) is 4.54. The first-order valence-corrected chi connectivity index (χ1v) is 5.63. The van der Waals surface area contributed by atoms with E-state index in [4.69, 9.17) is 0 Å². The zero-order chi connectivity index (χ0) is 11.7. The van der Waals surface area contributed by atoms with Crippen LogP contribution in [0, 0.1) is 19.9 Å². The van der Waals surface area contributed by atoms with Crippen LogP contribution in [-0.4, -0.2) is 9.78 Å². The van der Waals surface area contributed by atoms with Crippen LogP contribution < -0.4 is 0 Å². The van der Waals surface area contributed by atoms with Crippen molar-refractivity contribution < 1.29 is 0 Å². The first-order chi connectivity index (χ1) is 7.58. The van der Waals surface area contributed by atoms with Crippen LogP contribution in [0.2, 0.25) is 0 Å². The van der Waals surface area contributed by atoms with Crippen molar-refractivity contribution in [1.29, 1.82) is 0 Å². The van der Waals surface area contributed by atoms with Crippen molar-refractivity contribution in [3.05, 3.63) is 47.3 Å². The average Bonchev–Trinajstić information content (AvgIpc) is 2.58. The van der Waals surface area contributed by atoms with Crippen molar-refractivity contribution >= 4 is 0 Å². The maximum Gasteiger partial charge on any atom is 0.0730 e. The first kappa shape index (κ1) is 10.9. The highest BCUT2D eigenvalue weighted by Gasteiger charge is 2.05. The Hall–Kier alpha value is -1.57. The second kappa shape index (κ2) is 4.12. The Morgan fingerprint density at radius 1 is 1.25 bits per heavy atom. The van der Waals surface area contributed by atoms with Gasteiger partial charge in [0.2, 0.25) is 0 Å². The van der Waals surface area contributed by atoms with Crippen LogP contribution in [0.5, 0.6) is 0 Å². The first-order valence-electron chi connectivity index (χ1n) is 5.63. The molecular formula is C14H17N2. The molecule has 0 saturated carbocycles. The van der Waals surface area contributed by atoms with E-state index in [-0.39, 0.29) is 0 Å². The normalized spacial score (nSPS) is 11.1. The fraction of sp³-hybridized carbons (Fsp3) is 0.357. The monoisotopic (exact) mass is 213 g/mol.